The Hall–Kier alpha value is -7.62. The number of benzene rings is 4. The van der Waals surface area contributed by atoms with Gasteiger partial charge in [0.1, 0.15) is 0 Å². The van der Waals surface area contributed by atoms with E-state index in [1.165, 1.54) is 0 Å². The minimum absolute atomic E-state index is 0.291. The molecule has 0 N–H and O–H groups in total. The van der Waals surface area contributed by atoms with Crippen molar-refractivity contribution in [3.05, 3.63) is 148 Å². The second-order valence-electron chi connectivity index (χ2n) is 17.1. The Morgan fingerprint density at radius 1 is 0.300 bits per heavy atom. The van der Waals surface area contributed by atoms with Crippen molar-refractivity contribution < 1.29 is 76.3 Å². The lowest BCUT2D eigenvalue weighted by molar-refractivity contribution is -0.171. The monoisotopic (exact) mass is 962 g/mol. The summed E-state index contributed by atoms with van der Waals surface area (Å²) in [4.78, 5) is 115. The zero-order valence-electron chi connectivity index (χ0n) is 40.6. The minimum Gasteiger partial charge on any atom is -0.468 e. The molecule has 0 aromatic heterocycles. The molecule has 16 nitrogen and oxygen atoms in total. The summed E-state index contributed by atoms with van der Waals surface area (Å²) >= 11 is 0. The van der Waals surface area contributed by atoms with E-state index in [-0.39, 0.29) is 0 Å². The molecule has 0 saturated heterocycles. The first-order chi connectivity index (χ1) is 33.5. The van der Waals surface area contributed by atoms with Crippen LogP contribution >= 0.6 is 0 Å². The molecular formula is C54H58O16. The summed E-state index contributed by atoms with van der Waals surface area (Å²) in [5.74, 6) is -7.96. The SMILES string of the molecule is COC(=O)C1(C(=O)OC)C/C=C(/c2ccccc2)CC(C(=O)OC)(C(=O)OC)Cc2ccccc2CC(C(=O)OC)(C(=O)OC)Cc2ccccc2CC(C(=O)OC)(C(=O)OC)Cc2ccccc2C1. The highest BCUT2D eigenvalue weighted by molar-refractivity contribution is 6.04. The maximum absolute atomic E-state index is 14.5. The second kappa shape index (κ2) is 23.1. The lowest BCUT2D eigenvalue weighted by Crippen LogP contribution is -2.47. The van der Waals surface area contributed by atoms with Crippen LogP contribution in [0.4, 0.5) is 0 Å². The molecule has 1 aliphatic rings. The van der Waals surface area contributed by atoms with Crippen LogP contribution in [0.3, 0.4) is 0 Å². The number of fused-ring (bicyclic) bond motifs is 3. The Balaban J connectivity index is 1.98. The first kappa shape index (κ1) is 53.3. The number of esters is 8. The van der Waals surface area contributed by atoms with E-state index in [0.29, 0.717) is 44.5 Å². The van der Waals surface area contributed by atoms with Gasteiger partial charge in [-0.15, -0.1) is 0 Å². The van der Waals surface area contributed by atoms with Crippen LogP contribution < -0.4 is 0 Å². The molecule has 16 heteroatoms. The van der Waals surface area contributed by atoms with Gasteiger partial charge >= 0.3 is 47.8 Å². The first-order valence-corrected chi connectivity index (χ1v) is 22.2. The van der Waals surface area contributed by atoms with Crippen molar-refractivity contribution in [2.24, 2.45) is 21.7 Å². The van der Waals surface area contributed by atoms with Crippen LogP contribution in [0.2, 0.25) is 0 Å². The quantitative estimate of drug-likeness (QED) is 0.114. The van der Waals surface area contributed by atoms with Crippen LogP contribution in [0.1, 0.15) is 51.8 Å². The second-order valence-corrected chi connectivity index (χ2v) is 17.1. The lowest BCUT2D eigenvalue weighted by atomic mass is 9.69. The van der Waals surface area contributed by atoms with Crippen molar-refractivity contribution >= 4 is 53.3 Å². The molecule has 0 unspecified atom stereocenters. The number of carbonyl (C=O) groups is 8. The smallest absolute Gasteiger partial charge is 0.323 e. The maximum Gasteiger partial charge on any atom is 0.323 e. The van der Waals surface area contributed by atoms with Crippen molar-refractivity contribution in [1.29, 1.82) is 0 Å². The molecule has 0 bridgehead atoms. The van der Waals surface area contributed by atoms with E-state index in [2.05, 4.69) is 0 Å². The Bertz CT molecular complexity index is 2560. The fourth-order valence-corrected chi connectivity index (χ4v) is 9.56. The van der Waals surface area contributed by atoms with E-state index in [9.17, 15) is 38.4 Å². The number of ether oxygens (including phenoxy) is 8. The van der Waals surface area contributed by atoms with Crippen molar-refractivity contribution in [3.63, 3.8) is 0 Å². The molecule has 0 heterocycles. The van der Waals surface area contributed by atoms with E-state index < -0.39 is 121 Å². The van der Waals surface area contributed by atoms with Gasteiger partial charge in [-0.1, -0.05) is 109 Å². The van der Waals surface area contributed by atoms with Crippen LogP contribution in [0.5, 0.6) is 0 Å². The standard InChI is InChI=1S/C54H58O16/c1-63-43(55)51(44(56)64-2)27-26-42(35-18-10-9-11-19-35)34-54(49(61)69-7,50(62)70-8)33-41-25-17-16-24-40(41)32-53(47(59)67-5,48(60)68-6)31-39-23-15-14-22-38(39)30-52(45(57)65-3,46(58)66-4)29-37-21-13-12-20-36(37)28-51/h9-26H,27-34H2,1-8H3/b42-26+. The number of allylic oxidation sites excluding steroid dienone is 2. The number of hydrogen-bond acceptors (Lipinski definition) is 16. The molecule has 0 spiro atoms. The highest BCUT2D eigenvalue weighted by atomic mass is 16.6. The molecule has 370 valence electrons. The fraction of sp³-hybridized carbons (Fsp3) is 0.370. The Morgan fingerprint density at radius 3 is 0.771 bits per heavy atom. The van der Waals surface area contributed by atoms with Crippen molar-refractivity contribution in [3.8, 4) is 0 Å². The Kier molecular flexibility index (Phi) is 17.6. The summed E-state index contributed by atoms with van der Waals surface area (Å²) in [5, 5.41) is 0. The summed E-state index contributed by atoms with van der Waals surface area (Å²) < 4.78 is 43.0. The first-order valence-electron chi connectivity index (χ1n) is 22.2. The summed E-state index contributed by atoms with van der Waals surface area (Å²) in [6.45, 7) is 0. The molecule has 0 radical (unpaired) electrons. The fourth-order valence-electron chi connectivity index (χ4n) is 9.56. The number of methoxy groups -OCH3 is 8. The van der Waals surface area contributed by atoms with Gasteiger partial charge in [-0.25, -0.2) is 0 Å². The highest BCUT2D eigenvalue weighted by Gasteiger charge is 2.55. The third kappa shape index (κ3) is 10.5. The van der Waals surface area contributed by atoms with Crippen LogP contribution in [-0.2, 0) is 115 Å². The predicted molar refractivity (Wildman–Crippen MR) is 251 cm³/mol. The van der Waals surface area contributed by atoms with Crippen LogP contribution in [0, 0.1) is 21.7 Å². The molecule has 0 amide bonds. The average molecular weight is 963 g/mol. The van der Waals surface area contributed by atoms with E-state index in [1.54, 1.807) is 109 Å². The molecule has 0 atom stereocenters. The lowest BCUT2D eigenvalue weighted by Gasteiger charge is -2.34. The highest BCUT2D eigenvalue weighted by Crippen LogP contribution is 2.44. The largest absolute Gasteiger partial charge is 0.468 e. The number of hydrogen-bond donors (Lipinski definition) is 0. The van der Waals surface area contributed by atoms with Gasteiger partial charge in [0.2, 0.25) is 0 Å². The van der Waals surface area contributed by atoms with Gasteiger partial charge < -0.3 is 37.9 Å². The van der Waals surface area contributed by atoms with Crippen molar-refractivity contribution in [2.75, 3.05) is 56.9 Å². The summed E-state index contributed by atoms with van der Waals surface area (Å²) in [5.41, 5.74) is -5.99. The zero-order valence-corrected chi connectivity index (χ0v) is 40.6. The maximum atomic E-state index is 14.5. The molecule has 5 rings (SSSR count). The summed E-state index contributed by atoms with van der Waals surface area (Å²) in [6, 6.07) is 28.2. The van der Waals surface area contributed by atoms with Gasteiger partial charge in [0.05, 0.1) is 56.9 Å². The average Bonchev–Trinajstić information content (AvgIpc) is 3.40. The zero-order chi connectivity index (χ0) is 51.3. The molecular weight excluding hydrogens is 905 g/mol. The van der Waals surface area contributed by atoms with Crippen LogP contribution in [0.15, 0.2) is 109 Å². The third-order valence-corrected chi connectivity index (χ3v) is 13.3. The van der Waals surface area contributed by atoms with Crippen LogP contribution in [0.25, 0.3) is 5.57 Å². The molecule has 4 aromatic rings. The molecule has 0 fully saturated rings. The van der Waals surface area contributed by atoms with E-state index in [0.717, 1.165) is 56.9 Å². The normalized spacial score (nSPS) is 17.0. The Morgan fingerprint density at radius 2 is 0.514 bits per heavy atom. The number of carbonyl (C=O) groups excluding carboxylic acids is 8. The number of rotatable bonds is 9. The molecule has 1 aliphatic carbocycles. The molecule has 4 aromatic carbocycles. The molecule has 70 heavy (non-hydrogen) atoms. The Labute approximate surface area is 406 Å². The van der Waals surface area contributed by atoms with Gasteiger partial charge in [0, 0.05) is 0 Å². The topological polar surface area (TPSA) is 210 Å². The van der Waals surface area contributed by atoms with Gasteiger partial charge in [0.25, 0.3) is 0 Å². The third-order valence-electron chi connectivity index (χ3n) is 13.3. The van der Waals surface area contributed by atoms with Crippen molar-refractivity contribution in [1.82, 2.24) is 0 Å². The van der Waals surface area contributed by atoms with E-state index in [1.807, 2.05) is 0 Å². The molecule has 0 saturated carbocycles. The van der Waals surface area contributed by atoms with E-state index >= 15 is 0 Å². The van der Waals surface area contributed by atoms with Crippen molar-refractivity contribution in [2.45, 2.75) is 51.4 Å². The predicted octanol–water partition coefficient (Wildman–Crippen LogP) is 5.55. The van der Waals surface area contributed by atoms with Crippen LogP contribution in [-0.4, -0.2) is 105 Å². The van der Waals surface area contributed by atoms with Gasteiger partial charge in [-0.3, -0.25) is 38.4 Å². The van der Waals surface area contributed by atoms with Gasteiger partial charge in [-0.05, 0) is 95.9 Å². The van der Waals surface area contributed by atoms with Gasteiger partial charge in [-0.2, -0.15) is 0 Å². The summed E-state index contributed by atoms with van der Waals surface area (Å²) in [7, 11) is 8.92. The van der Waals surface area contributed by atoms with Gasteiger partial charge in [0.15, 0.2) is 21.7 Å². The van der Waals surface area contributed by atoms with E-state index in [4.69, 9.17) is 37.9 Å². The summed E-state index contributed by atoms with van der Waals surface area (Å²) in [6.07, 6.45) is -1.81. The molecule has 0 aliphatic heterocycles. The minimum atomic E-state index is -2.19.